The molecule has 9 heteroatoms. The third-order valence-electron chi connectivity index (χ3n) is 3.91. The van der Waals surface area contributed by atoms with Crippen molar-refractivity contribution in [1.82, 2.24) is 4.31 Å². The molecule has 0 amide bonds. The van der Waals surface area contributed by atoms with Crippen LogP contribution in [0.4, 0.5) is 5.69 Å². The molecule has 0 spiro atoms. The summed E-state index contributed by atoms with van der Waals surface area (Å²) >= 11 is 0. The minimum absolute atomic E-state index is 0.0439. The Morgan fingerprint density at radius 1 is 1.04 bits per heavy atom. The summed E-state index contributed by atoms with van der Waals surface area (Å²) in [5.41, 5.74) is 0.460. The van der Waals surface area contributed by atoms with Crippen LogP contribution in [0.25, 0.3) is 0 Å². The lowest BCUT2D eigenvalue weighted by Gasteiger charge is -2.17. The number of anilines is 1. The fraction of sp³-hybridized carbons (Fsp3) is 0.278. The van der Waals surface area contributed by atoms with Crippen LogP contribution in [0.5, 0.6) is 0 Å². The molecule has 0 fully saturated rings. The van der Waals surface area contributed by atoms with Crippen molar-refractivity contribution in [3.63, 3.8) is 0 Å². The van der Waals surface area contributed by atoms with Gasteiger partial charge < -0.3 is 0 Å². The molecule has 0 atom stereocenters. The number of hydrogen-bond donors (Lipinski definition) is 1. The van der Waals surface area contributed by atoms with Crippen LogP contribution in [-0.2, 0) is 20.0 Å². The smallest absolute Gasteiger partial charge is 0.261 e. The minimum atomic E-state index is -3.88. The van der Waals surface area contributed by atoms with Crippen LogP contribution in [0, 0.1) is 11.3 Å². The highest BCUT2D eigenvalue weighted by molar-refractivity contribution is 7.92. The van der Waals surface area contributed by atoms with E-state index in [1.54, 1.807) is 0 Å². The zero-order chi connectivity index (χ0) is 20.1. The summed E-state index contributed by atoms with van der Waals surface area (Å²) in [5, 5.41) is 8.90. The molecule has 1 N–H and O–H groups in total. The molecule has 0 radical (unpaired) electrons. The summed E-state index contributed by atoms with van der Waals surface area (Å²) in [7, 11) is -5.98. The van der Waals surface area contributed by atoms with Crippen molar-refractivity contribution in [1.29, 1.82) is 5.26 Å². The van der Waals surface area contributed by atoms with Crippen molar-refractivity contribution in [2.45, 2.75) is 29.6 Å². The predicted molar refractivity (Wildman–Crippen MR) is 103 cm³/mol. The van der Waals surface area contributed by atoms with E-state index in [0.717, 1.165) is 12.8 Å². The Hall–Kier alpha value is -2.41. The first-order chi connectivity index (χ1) is 12.7. The highest BCUT2D eigenvalue weighted by Gasteiger charge is 2.21. The van der Waals surface area contributed by atoms with Gasteiger partial charge in [-0.05, 0) is 48.9 Å². The first-order valence-electron chi connectivity index (χ1n) is 8.30. The van der Waals surface area contributed by atoms with Crippen LogP contribution < -0.4 is 4.72 Å². The van der Waals surface area contributed by atoms with E-state index in [0.29, 0.717) is 6.54 Å². The van der Waals surface area contributed by atoms with Crippen LogP contribution in [0.3, 0.4) is 0 Å². The molecule has 0 heterocycles. The fourth-order valence-electron chi connectivity index (χ4n) is 2.32. The Balaban J connectivity index is 2.21. The summed E-state index contributed by atoms with van der Waals surface area (Å²) in [6, 6.07) is 13.0. The largest absolute Gasteiger partial charge is 0.280 e. The molecule has 0 aliphatic rings. The number of unbranched alkanes of at least 4 members (excludes halogenated alkanes) is 1. The number of nitriles is 1. The second-order valence-electron chi connectivity index (χ2n) is 5.95. The van der Waals surface area contributed by atoms with E-state index in [1.807, 2.05) is 13.0 Å². The lowest BCUT2D eigenvalue weighted by atomic mass is 10.2. The summed E-state index contributed by atoms with van der Waals surface area (Å²) in [5.74, 6) is 0. The van der Waals surface area contributed by atoms with Crippen molar-refractivity contribution in [3.8, 4) is 6.07 Å². The minimum Gasteiger partial charge on any atom is -0.280 e. The molecule has 2 aromatic carbocycles. The Labute approximate surface area is 160 Å². The molecule has 0 saturated heterocycles. The van der Waals surface area contributed by atoms with Crippen molar-refractivity contribution in [2.75, 3.05) is 18.3 Å². The molecule has 144 valence electrons. The molecule has 7 nitrogen and oxygen atoms in total. The number of nitrogens with zero attached hydrogens (tertiary/aromatic N) is 2. The van der Waals surface area contributed by atoms with Gasteiger partial charge in [-0.2, -0.15) is 5.26 Å². The number of nitrogens with one attached hydrogen (secondary N) is 1. The number of benzene rings is 2. The SMILES string of the molecule is CCCCN(C)S(=O)(=O)c1ccc(NS(=O)(=O)c2cccc(C#N)c2)cc1. The van der Waals surface area contributed by atoms with E-state index in [9.17, 15) is 16.8 Å². The molecule has 0 unspecified atom stereocenters. The third-order valence-corrected chi connectivity index (χ3v) is 7.16. The maximum Gasteiger partial charge on any atom is 0.261 e. The first-order valence-corrected chi connectivity index (χ1v) is 11.2. The van der Waals surface area contributed by atoms with E-state index >= 15 is 0 Å². The van der Waals surface area contributed by atoms with Gasteiger partial charge in [0.15, 0.2) is 0 Å². The van der Waals surface area contributed by atoms with Crippen LogP contribution in [0.1, 0.15) is 25.3 Å². The standard InChI is InChI=1S/C18H21N3O4S2/c1-3-4-12-21(2)27(24,25)17-10-8-16(9-11-17)20-26(22,23)18-7-5-6-15(13-18)14-19/h5-11,13,20H,3-4,12H2,1-2H3. The zero-order valence-corrected chi connectivity index (χ0v) is 16.7. The normalized spacial score (nSPS) is 11.9. The van der Waals surface area contributed by atoms with Gasteiger partial charge in [-0.1, -0.05) is 19.4 Å². The van der Waals surface area contributed by atoms with Crippen molar-refractivity contribution >= 4 is 25.7 Å². The Morgan fingerprint density at radius 3 is 2.30 bits per heavy atom. The Kier molecular flexibility index (Phi) is 6.59. The average Bonchev–Trinajstić information content (AvgIpc) is 2.66. The summed E-state index contributed by atoms with van der Waals surface area (Å²) in [4.78, 5) is 0.0491. The number of sulfonamides is 2. The van der Waals surface area contributed by atoms with Crippen LogP contribution in [0.2, 0.25) is 0 Å². The van der Waals surface area contributed by atoms with Crippen molar-refractivity contribution in [3.05, 3.63) is 54.1 Å². The number of hydrogen-bond acceptors (Lipinski definition) is 5. The molecular weight excluding hydrogens is 386 g/mol. The molecular formula is C18H21N3O4S2. The second-order valence-corrected chi connectivity index (χ2v) is 9.68. The van der Waals surface area contributed by atoms with E-state index in [1.165, 1.54) is 59.9 Å². The van der Waals surface area contributed by atoms with Gasteiger partial charge >= 0.3 is 0 Å². The first kappa shape index (κ1) is 20.9. The highest BCUT2D eigenvalue weighted by atomic mass is 32.2. The maximum absolute atomic E-state index is 12.5. The van der Waals surface area contributed by atoms with Gasteiger partial charge in [-0.25, -0.2) is 21.1 Å². The molecule has 2 aromatic rings. The summed E-state index contributed by atoms with van der Waals surface area (Å²) in [6.07, 6.45) is 1.64. The van der Waals surface area contributed by atoms with E-state index in [2.05, 4.69) is 4.72 Å². The van der Waals surface area contributed by atoms with Crippen molar-refractivity contribution < 1.29 is 16.8 Å². The Bertz CT molecular complexity index is 1040. The predicted octanol–water partition coefficient (Wildman–Crippen LogP) is 2.78. The Morgan fingerprint density at radius 2 is 1.70 bits per heavy atom. The topological polar surface area (TPSA) is 107 Å². The van der Waals surface area contributed by atoms with Crippen molar-refractivity contribution in [2.24, 2.45) is 0 Å². The summed E-state index contributed by atoms with van der Waals surface area (Å²) < 4.78 is 53.5. The zero-order valence-electron chi connectivity index (χ0n) is 15.1. The van der Waals surface area contributed by atoms with Crippen LogP contribution in [-0.4, -0.2) is 34.7 Å². The fourth-order valence-corrected chi connectivity index (χ4v) is 4.64. The van der Waals surface area contributed by atoms with E-state index < -0.39 is 20.0 Å². The average molecular weight is 408 g/mol. The van der Waals surface area contributed by atoms with Gasteiger partial charge in [-0.3, -0.25) is 4.72 Å². The molecule has 27 heavy (non-hydrogen) atoms. The van der Waals surface area contributed by atoms with E-state index in [-0.39, 0.29) is 21.0 Å². The van der Waals surface area contributed by atoms with Gasteiger partial charge in [-0.15, -0.1) is 0 Å². The van der Waals surface area contributed by atoms with Crippen LogP contribution in [0.15, 0.2) is 58.3 Å². The number of rotatable bonds is 8. The molecule has 0 saturated carbocycles. The summed E-state index contributed by atoms with van der Waals surface area (Å²) in [6.45, 7) is 2.40. The lowest BCUT2D eigenvalue weighted by molar-refractivity contribution is 0.459. The highest BCUT2D eigenvalue weighted by Crippen LogP contribution is 2.21. The monoisotopic (exact) mass is 407 g/mol. The quantitative estimate of drug-likeness (QED) is 0.724. The lowest BCUT2D eigenvalue weighted by Crippen LogP contribution is -2.27. The third kappa shape index (κ3) is 5.07. The van der Waals surface area contributed by atoms with Gasteiger partial charge in [0.25, 0.3) is 10.0 Å². The second kappa shape index (κ2) is 8.52. The van der Waals surface area contributed by atoms with Gasteiger partial charge in [0.2, 0.25) is 10.0 Å². The van der Waals surface area contributed by atoms with E-state index in [4.69, 9.17) is 5.26 Å². The van der Waals surface area contributed by atoms with Gasteiger partial charge in [0.1, 0.15) is 0 Å². The molecule has 0 bridgehead atoms. The molecule has 2 rings (SSSR count). The van der Waals surface area contributed by atoms with Crippen LogP contribution >= 0.6 is 0 Å². The van der Waals surface area contributed by atoms with Gasteiger partial charge in [0, 0.05) is 19.3 Å². The van der Waals surface area contributed by atoms with Gasteiger partial charge in [0.05, 0.1) is 21.4 Å². The molecule has 0 aliphatic carbocycles. The molecule has 0 aromatic heterocycles. The molecule has 0 aliphatic heterocycles. The maximum atomic E-state index is 12.5.